The Bertz CT molecular complexity index is 889. The van der Waals surface area contributed by atoms with Crippen molar-refractivity contribution < 1.29 is 38.2 Å². The molecule has 0 aromatic carbocycles. The van der Waals surface area contributed by atoms with Crippen molar-refractivity contribution in [3.05, 3.63) is 0 Å². The quantitative estimate of drug-likeness (QED) is 0.0344. The summed E-state index contributed by atoms with van der Waals surface area (Å²) in [5.74, 6) is -1.71. The Kier molecular flexibility index (Phi) is 38.9. The lowest BCUT2D eigenvalue weighted by Crippen LogP contribution is -2.55. The minimum Gasteiger partial charge on any atom is -0.544 e. The number of hydrogen-bond acceptors (Lipinski definition) is 7. The number of rotatable bonds is 44. The lowest BCUT2D eigenvalue weighted by molar-refractivity contribution is -0.889. The molecule has 0 aliphatic heterocycles. The number of nitrogens with zero attached hydrogens (tertiary/aromatic N) is 1. The number of carboxylic acids is 1. The Morgan fingerprint density at radius 2 is 0.786 bits per heavy atom. The molecule has 2 atom stereocenters. The molecule has 0 fully saturated rings. The van der Waals surface area contributed by atoms with Crippen LogP contribution in [0.4, 0.5) is 0 Å². The molecule has 0 N–H and O–H groups in total. The topological polar surface area (TPSA) is 102 Å². The molecular formula is C48H93NO7. The van der Waals surface area contributed by atoms with Crippen LogP contribution in [0.25, 0.3) is 0 Å². The third-order valence-electron chi connectivity index (χ3n) is 11.2. The molecule has 332 valence electrons. The van der Waals surface area contributed by atoms with Gasteiger partial charge in [-0.2, -0.15) is 0 Å². The standard InChI is InChI=1S/C48H93NO7/c1-6-8-10-12-14-16-18-20-21-22-23-24-25-27-28-30-32-34-36-38-46(50)55-43-44(42-54-41-40-45(48(52)53)49(3,4)5)56-47(51)39-37-35-33-31-29-26-19-17-15-13-11-9-7-2/h44-45H,6-43H2,1-5H3. The average Bonchev–Trinajstić information content (AvgIpc) is 3.15. The van der Waals surface area contributed by atoms with Gasteiger partial charge in [-0.1, -0.05) is 206 Å². The maximum atomic E-state index is 12.7. The largest absolute Gasteiger partial charge is 0.544 e. The van der Waals surface area contributed by atoms with E-state index in [4.69, 9.17) is 14.2 Å². The van der Waals surface area contributed by atoms with Crippen LogP contribution in [0.15, 0.2) is 0 Å². The first-order valence-electron chi connectivity index (χ1n) is 24.1. The van der Waals surface area contributed by atoms with E-state index in [9.17, 15) is 19.5 Å². The van der Waals surface area contributed by atoms with Crippen molar-refractivity contribution in [1.82, 2.24) is 0 Å². The second-order valence-corrected chi connectivity index (χ2v) is 17.7. The lowest BCUT2D eigenvalue weighted by atomic mass is 10.0. The Morgan fingerprint density at radius 1 is 0.464 bits per heavy atom. The molecule has 0 saturated carbocycles. The first-order valence-corrected chi connectivity index (χ1v) is 24.1. The van der Waals surface area contributed by atoms with E-state index in [0.29, 0.717) is 12.8 Å². The first kappa shape index (κ1) is 54.3. The van der Waals surface area contributed by atoms with Crippen molar-refractivity contribution in [1.29, 1.82) is 0 Å². The van der Waals surface area contributed by atoms with Crippen LogP contribution in [-0.4, -0.2) is 75.5 Å². The molecule has 0 heterocycles. The highest BCUT2D eigenvalue weighted by molar-refractivity contribution is 5.70. The van der Waals surface area contributed by atoms with Crippen molar-refractivity contribution in [3.8, 4) is 0 Å². The fourth-order valence-corrected chi connectivity index (χ4v) is 7.49. The molecule has 0 radical (unpaired) electrons. The molecule has 0 aromatic heterocycles. The highest BCUT2D eigenvalue weighted by Crippen LogP contribution is 2.17. The second-order valence-electron chi connectivity index (χ2n) is 17.7. The number of aliphatic carboxylic acids is 1. The molecule has 0 spiro atoms. The number of likely N-dealkylation sites (N-methyl/N-ethyl adjacent to an activating group) is 1. The molecule has 0 aliphatic carbocycles. The van der Waals surface area contributed by atoms with Crippen LogP contribution in [0, 0.1) is 0 Å². The van der Waals surface area contributed by atoms with Crippen LogP contribution in [0.3, 0.4) is 0 Å². The summed E-state index contributed by atoms with van der Waals surface area (Å²) in [7, 11) is 5.42. The number of hydrogen-bond donors (Lipinski definition) is 0. The monoisotopic (exact) mass is 796 g/mol. The second kappa shape index (κ2) is 40.1. The van der Waals surface area contributed by atoms with Crippen molar-refractivity contribution in [2.24, 2.45) is 0 Å². The Labute approximate surface area is 346 Å². The predicted molar refractivity (Wildman–Crippen MR) is 231 cm³/mol. The summed E-state index contributed by atoms with van der Waals surface area (Å²) in [6.45, 7) is 4.71. The van der Waals surface area contributed by atoms with Crippen molar-refractivity contribution in [2.75, 3.05) is 41.0 Å². The molecule has 56 heavy (non-hydrogen) atoms. The summed E-state index contributed by atoms with van der Waals surface area (Å²) in [5.41, 5.74) is 0. The van der Waals surface area contributed by atoms with Crippen LogP contribution in [0.2, 0.25) is 0 Å². The van der Waals surface area contributed by atoms with Crippen LogP contribution < -0.4 is 5.11 Å². The Balaban J connectivity index is 4.20. The van der Waals surface area contributed by atoms with Gasteiger partial charge in [-0.05, 0) is 12.8 Å². The fourth-order valence-electron chi connectivity index (χ4n) is 7.49. The predicted octanol–water partition coefficient (Wildman–Crippen LogP) is 12.0. The number of esters is 2. The zero-order valence-corrected chi connectivity index (χ0v) is 37.8. The summed E-state index contributed by atoms with van der Waals surface area (Å²) in [4.78, 5) is 36.9. The van der Waals surface area contributed by atoms with Crippen molar-refractivity contribution >= 4 is 17.9 Å². The number of quaternary nitrogens is 1. The van der Waals surface area contributed by atoms with Crippen LogP contribution in [0.5, 0.6) is 0 Å². The molecular weight excluding hydrogens is 703 g/mol. The van der Waals surface area contributed by atoms with Crippen LogP contribution in [-0.2, 0) is 28.6 Å². The number of ether oxygens (including phenoxy) is 3. The number of carbonyl (C=O) groups is 3. The van der Waals surface area contributed by atoms with E-state index in [1.807, 2.05) is 21.1 Å². The Morgan fingerprint density at radius 3 is 1.11 bits per heavy atom. The fraction of sp³-hybridized carbons (Fsp3) is 0.938. The molecule has 0 aromatic rings. The summed E-state index contributed by atoms with van der Waals surface area (Å²) in [6, 6.07) is -0.719. The van der Waals surface area contributed by atoms with E-state index in [1.54, 1.807) is 0 Å². The number of carboxylic acid groups (broad SMARTS) is 1. The minimum absolute atomic E-state index is 0.0494. The van der Waals surface area contributed by atoms with Gasteiger partial charge in [0.15, 0.2) is 6.10 Å². The van der Waals surface area contributed by atoms with E-state index in [0.717, 1.165) is 38.5 Å². The van der Waals surface area contributed by atoms with Crippen molar-refractivity contribution in [3.63, 3.8) is 0 Å². The molecule has 0 rings (SSSR count). The third kappa shape index (κ3) is 37.9. The Hall–Kier alpha value is -1.67. The van der Waals surface area contributed by atoms with Gasteiger partial charge in [-0.25, -0.2) is 0 Å². The minimum atomic E-state index is -1.12. The molecule has 0 aliphatic rings. The number of carbonyl (C=O) groups excluding carboxylic acids is 3. The van der Waals surface area contributed by atoms with Gasteiger partial charge in [-0.3, -0.25) is 9.59 Å². The van der Waals surface area contributed by atoms with Gasteiger partial charge >= 0.3 is 11.9 Å². The summed E-state index contributed by atoms with van der Waals surface area (Å²) >= 11 is 0. The molecule has 0 amide bonds. The van der Waals surface area contributed by atoms with Gasteiger partial charge in [0.05, 0.1) is 40.3 Å². The zero-order valence-electron chi connectivity index (χ0n) is 37.8. The van der Waals surface area contributed by atoms with Gasteiger partial charge in [0.2, 0.25) is 0 Å². The van der Waals surface area contributed by atoms with Crippen LogP contribution >= 0.6 is 0 Å². The van der Waals surface area contributed by atoms with E-state index in [2.05, 4.69) is 13.8 Å². The highest BCUT2D eigenvalue weighted by atomic mass is 16.6. The van der Waals surface area contributed by atoms with Gasteiger partial charge in [0.1, 0.15) is 12.6 Å². The zero-order chi connectivity index (χ0) is 41.4. The molecule has 2 unspecified atom stereocenters. The maximum absolute atomic E-state index is 12.7. The normalized spacial score (nSPS) is 12.8. The highest BCUT2D eigenvalue weighted by Gasteiger charge is 2.25. The van der Waals surface area contributed by atoms with E-state index < -0.39 is 18.1 Å². The molecule has 8 heteroatoms. The SMILES string of the molecule is CCCCCCCCCCCCCCCCCCCCCC(=O)OCC(COCCC(C(=O)[O-])[N+](C)(C)C)OC(=O)CCCCCCCCCCCCCCC. The summed E-state index contributed by atoms with van der Waals surface area (Å²) in [6.07, 6.45) is 41.2. The summed E-state index contributed by atoms with van der Waals surface area (Å²) in [5, 5.41) is 11.6. The van der Waals surface area contributed by atoms with Gasteiger partial charge in [0, 0.05) is 19.3 Å². The smallest absolute Gasteiger partial charge is 0.306 e. The number of unbranched alkanes of at least 4 members (excludes halogenated alkanes) is 30. The van der Waals surface area contributed by atoms with Crippen molar-refractivity contribution in [2.45, 2.75) is 251 Å². The average molecular weight is 796 g/mol. The van der Waals surface area contributed by atoms with Gasteiger partial charge < -0.3 is 28.6 Å². The first-order chi connectivity index (χ1) is 27.1. The van der Waals surface area contributed by atoms with Crippen LogP contribution in [0.1, 0.15) is 239 Å². The molecule has 0 saturated heterocycles. The molecule has 8 nitrogen and oxygen atoms in total. The van der Waals surface area contributed by atoms with Gasteiger partial charge in [0.25, 0.3) is 0 Å². The summed E-state index contributed by atoms with van der Waals surface area (Å²) < 4.78 is 17.2. The maximum Gasteiger partial charge on any atom is 0.306 e. The molecule has 0 bridgehead atoms. The van der Waals surface area contributed by atoms with Gasteiger partial charge in [-0.15, -0.1) is 0 Å². The van der Waals surface area contributed by atoms with E-state index in [1.165, 1.54) is 167 Å². The van der Waals surface area contributed by atoms with E-state index in [-0.39, 0.29) is 42.7 Å². The van der Waals surface area contributed by atoms with E-state index >= 15 is 0 Å². The third-order valence-corrected chi connectivity index (χ3v) is 11.2. The lowest BCUT2D eigenvalue weighted by Gasteiger charge is -2.34.